The quantitative estimate of drug-likeness (QED) is 0.752. The molecule has 0 radical (unpaired) electrons. The number of hydrogen-bond acceptors (Lipinski definition) is 4. The molecule has 1 aromatic rings. The zero-order valence-corrected chi connectivity index (χ0v) is 12.6. The third-order valence-corrected chi connectivity index (χ3v) is 4.00. The number of rotatable bonds is 7. The molecule has 0 spiro atoms. The van der Waals surface area contributed by atoms with Gasteiger partial charge < -0.3 is 20.1 Å². The molecule has 2 N–H and O–H groups in total. The lowest BCUT2D eigenvalue weighted by molar-refractivity contribution is 0.328. The summed E-state index contributed by atoms with van der Waals surface area (Å²) in [6, 6.07) is 5.79. The lowest BCUT2D eigenvalue weighted by Crippen LogP contribution is -2.26. The molecule has 1 atom stereocenters. The largest absolute Gasteiger partial charge is 0.504 e. The third kappa shape index (κ3) is 4.12. The summed E-state index contributed by atoms with van der Waals surface area (Å²) < 4.78 is 5.14. The van der Waals surface area contributed by atoms with Crippen molar-refractivity contribution in [3.63, 3.8) is 0 Å². The standard InChI is InChI=1S/C16H26N2O2/c1-13(14-6-7-15(19)16(12-14)20-2)17-8-5-11-18-9-3-4-10-18/h6-7,12-13,17,19H,3-5,8-11H2,1-2H3. The molecule has 0 saturated carbocycles. The Kier molecular flexibility index (Phi) is 5.68. The highest BCUT2D eigenvalue weighted by Crippen LogP contribution is 2.28. The van der Waals surface area contributed by atoms with E-state index in [1.807, 2.05) is 12.1 Å². The molecule has 4 heteroatoms. The van der Waals surface area contributed by atoms with Crippen LogP contribution in [-0.2, 0) is 0 Å². The van der Waals surface area contributed by atoms with Gasteiger partial charge in [-0.15, -0.1) is 0 Å². The smallest absolute Gasteiger partial charge is 0.160 e. The monoisotopic (exact) mass is 278 g/mol. The van der Waals surface area contributed by atoms with Crippen LogP contribution in [0.25, 0.3) is 0 Å². The summed E-state index contributed by atoms with van der Waals surface area (Å²) >= 11 is 0. The number of phenols is 1. The van der Waals surface area contributed by atoms with Crippen LogP contribution in [-0.4, -0.2) is 43.3 Å². The van der Waals surface area contributed by atoms with E-state index in [-0.39, 0.29) is 11.8 Å². The van der Waals surface area contributed by atoms with Gasteiger partial charge in [0.05, 0.1) is 7.11 Å². The molecule has 1 unspecified atom stereocenters. The predicted molar refractivity (Wildman–Crippen MR) is 81.4 cm³/mol. The molecule has 20 heavy (non-hydrogen) atoms. The highest BCUT2D eigenvalue weighted by atomic mass is 16.5. The molecular formula is C16H26N2O2. The zero-order valence-electron chi connectivity index (χ0n) is 12.6. The molecule has 1 aliphatic rings. The van der Waals surface area contributed by atoms with E-state index < -0.39 is 0 Å². The van der Waals surface area contributed by atoms with Gasteiger partial charge in [-0.25, -0.2) is 0 Å². The van der Waals surface area contributed by atoms with Crippen LogP contribution in [0.2, 0.25) is 0 Å². The Morgan fingerprint density at radius 2 is 2.10 bits per heavy atom. The fourth-order valence-corrected chi connectivity index (χ4v) is 2.71. The van der Waals surface area contributed by atoms with Crippen LogP contribution in [0.1, 0.15) is 37.8 Å². The van der Waals surface area contributed by atoms with Crippen molar-refractivity contribution >= 4 is 0 Å². The molecule has 1 fully saturated rings. The number of phenolic OH excluding ortho intramolecular Hbond substituents is 1. The number of nitrogens with one attached hydrogen (secondary N) is 1. The number of likely N-dealkylation sites (tertiary alicyclic amines) is 1. The minimum absolute atomic E-state index is 0.192. The van der Waals surface area contributed by atoms with Gasteiger partial charge in [0.2, 0.25) is 0 Å². The second kappa shape index (κ2) is 7.50. The van der Waals surface area contributed by atoms with Crippen molar-refractivity contribution in [2.45, 2.75) is 32.2 Å². The summed E-state index contributed by atoms with van der Waals surface area (Å²) in [5, 5.41) is 13.1. The Labute approximate surface area is 121 Å². The fraction of sp³-hybridized carbons (Fsp3) is 0.625. The van der Waals surface area contributed by atoms with Crippen LogP contribution in [0.15, 0.2) is 18.2 Å². The van der Waals surface area contributed by atoms with Gasteiger partial charge in [-0.05, 0) is 70.1 Å². The molecule has 2 rings (SSSR count). The van der Waals surface area contributed by atoms with E-state index >= 15 is 0 Å². The first-order chi connectivity index (χ1) is 9.70. The second-order valence-electron chi connectivity index (χ2n) is 5.51. The van der Waals surface area contributed by atoms with E-state index in [0.29, 0.717) is 5.75 Å². The average Bonchev–Trinajstić information content (AvgIpc) is 2.97. The summed E-state index contributed by atoms with van der Waals surface area (Å²) in [7, 11) is 1.58. The predicted octanol–water partition coefficient (Wildman–Crippen LogP) is 2.54. The minimum atomic E-state index is 0.192. The summed E-state index contributed by atoms with van der Waals surface area (Å²) in [6.07, 6.45) is 3.90. The lowest BCUT2D eigenvalue weighted by Gasteiger charge is -2.18. The maximum absolute atomic E-state index is 9.60. The van der Waals surface area contributed by atoms with Crippen molar-refractivity contribution in [3.05, 3.63) is 23.8 Å². The van der Waals surface area contributed by atoms with Gasteiger partial charge >= 0.3 is 0 Å². The van der Waals surface area contributed by atoms with Crippen molar-refractivity contribution < 1.29 is 9.84 Å². The molecule has 1 heterocycles. The summed E-state index contributed by atoms with van der Waals surface area (Å²) in [4.78, 5) is 2.54. The van der Waals surface area contributed by atoms with Gasteiger partial charge in [0.1, 0.15) is 0 Å². The number of aromatic hydroxyl groups is 1. The second-order valence-corrected chi connectivity index (χ2v) is 5.51. The number of benzene rings is 1. The Morgan fingerprint density at radius 1 is 1.35 bits per heavy atom. The van der Waals surface area contributed by atoms with E-state index in [4.69, 9.17) is 4.74 Å². The Balaban J connectivity index is 1.74. The zero-order chi connectivity index (χ0) is 14.4. The summed E-state index contributed by atoms with van der Waals surface area (Å²) in [6.45, 7) is 6.89. The van der Waals surface area contributed by atoms with Crippen LogP contribution >= 0.6 is 0 Å². The first-order valence-corrected chi connectivity index (χ1v) is 7.53. The molecule has 1 aliphatic heterocycles. The number of ether oxygens (including phenoxy) is 1. The topological polar surface area (TPSA) is 44.7 Å². The van der Waals surface area contributed by atoms with Crippen LogP contribution in [0.5, 0.6) is 11.5 Å². The fourth-order valence-electron chi connectivity index (χ4n) is 2.71. The molecular weight excluding hydrogens is 252 g/mol. The van der Waals surface area contributed by atoms with Crippen LogP contribution in [0.3, 0.4) is 0 Å². The van der Waals surface area contributed by atoms with Gasteiger partial charge in [-0.2, -0.15) is 0 Å². The number of nitrogens with zero attached hydrogens (tertiary/aromatic N) is 1. The summed E-state index contributed by atoms with van der Waals surface area (Å²) in [5.74, 6) is 0.728. The molecule has 0 aromatic heterocycles. The SMILES string of the molecule is COc1cc(C(C)NCCCN2CCCC2)ccc1O. The van der Waals surface area contributed by atoms with Gasteiger partial charge in [-0.3, -0.25) is 0 Å². The van der Waals surface area contributed by atoms with Crippen molar-refractivity contribution in [1.82, 2.24) is 10.2 Å². The van der Waals surface area contributed by atoms with Crippen molar-refractivity contribution in [2.24, 2.45) is 0 Å². The third-order valence-electron chi connectivity index (χ3n) is 4.00. The lowest BCUT2D eigenvalue weighted by atomic mass is 10.1. The van der Waals surface area contributed by atoms with E-state index in [1.54, 1.807) is 13.2 Å². The van der Waals surface area contributed by atoms with Crippen molar-refractivity contribution in [2.75, 3.05) is 33.3 Å². The Bertz CT molecular complexity index is 417. The molecule has 112 valence electrons. The highest BCUT2D eigenvalue weighted by Gasteiger charge is 2.11. The maximum Gasteiger partial charge on any atom is 0.160 e. The molecule has 0 amide bonds. The highest BCUT2D eigenvalue weighted by molar-refractivity contribution is 5.42. The molecule has 4 nitrogen and oxygen atoms in total. The van der Waals surface area contributed by atoms with Crippen LogP contribution in [0.4, 0.5) is 0 Å². The van der Waals surface area contributed by atoms with E-state index in [1.165, 1.54) is 38.9 Å². The van der Waals surface area contributed by atoms with E-state index in [0.717, 1.165) is 12.1 Å². The number of methoxy groups -OCH3 is 1. The molecule has 1 aromatic carbocycles. The van der Waals surface area contributed by atoms with E-state index in [2.05, 4.69) is 17.1 Å². The van der Waals surface area contributed by atoms with Crippen molar-refractivity contribution in [3.8, 4) is 11.5 Å². The van der Waals surface area contributed by atoms with Crippen LogP contribution in [0, 0.1) is 0 Å². The Morgan fingerprint density at radius 3 is 2.80 bits per heavy atom. The van der Waals surface area contributed by atoms with Gasteiger partial charge in [0, 0.05) is 6.04 Å². The normalized spacial score (nSPS) is 17.3. The summed E-state index contributed by atoms with van der Waals surface area (Å²) in [5.41, 5.74) is 1.14. The molecule has 0 aliphatic carbocycles. The minimum Gasteiger partial charge on any atom is -0.504 e. The first kappa shape index (κ1) is 15.1. The molecule has 1 saturated heterocycles. The first-order valence-electron chi connectivity index (χ1n) is 7.53. The van der Waals surface area contributed by atoms with E-state index in [9.17, 15) is 5.11 Å². The van der Waals surface area contributed by atoms with Gasteiger partial charge in [-0.1, -0.05) is 6.07 Å². The Hall–Kier alpha value is -1.26. The maximum atomic E-state index is 9.60. The van der Waals surface area contributed by atoms with Crippen molar-refractivity contribution in [1.29, 1.82) is 0 Å². The molecule has 0 bridgehead atoms. The average molecular weight is 278 g/mol. The number of hydrogen-bond donors (Lipinski definition) is 2. The van der Waals surface area contributed by atoms with Gasteiger partial charge in [0.15, 0.2) is 11.5 Å². The van der Waals surface area contributed by atoms with Crippen LogP contribution < -0.4 is 10.1 Å². The van der Waals surface area contributed by atoms with Gasteiger partial charge in [0.25, 0.3) is 0 Å².